The smallest absolute Gasteiger partial charge is 0.153 e. The second-order valence-electron chi connectivity index (χ2n) is 14.9. The Labute approximate surface area is 254 Å². The van der Waals surface area contributed by atoms with E-state index < -0.39 is 0 Å². The highest BCUT2D eigenvalue weighted by molar-refractivity contribution is 5.94. The Morgan fingerprint density at radius 2 is 1.37 bits per heavy atom. The summed E-state index contributed by atoms with van der Waals surface area (Å²) in [5.41, 5.74) is 19.3. The molecule has 5 N–H and O–H groups in total. The van der Waals surface area contributed by atoms with Crippen LogP contribution in [-0.4, -0.2) is 30.6 Å². The Kier molecular flexibility index (Phi) is 6.53. The predicted octanol–water partition coefficient (Wildman–Crippen LogP) is 8.16. The van der Waals surface area contributed by atoms with Crippen molar-refractivity contribution < 1.29 is 0 Å². The Morgan fingerprint density at radius 3 is 2.09 bits per heavy atom. The molecule has 3 heterocycles. The lowest BCUT2D eigenvalue weighted by Gasteiger charge is -2.31. The number of hydrogen-bond donors (Lipinski definition) is 4. The first-order valence-electron chi connectivity index (χ1n) is 15.3. The first-order chi connectivity index (χ1) is 20.1. The maximum atomic E-state index is 6.35. The molecule has 7 heteroatoms. The molecule has 0 saturated carbocycles. The number of aromatic amines is 3. The number of fused-ring (bicyclic) bond motifs is 3. The van der Waals surface area contributed by atoms with Crippen LogP contribution in [0.15, 0.2) is 36.5 Å². The normalized spacial score (nSPS) is 13.2. The van der Waals surface area contributed by atoms with Gasteiger partial charge < -0.3 is 5.73 Å². The Morgan fingerprint density at radius 1 is 0.698 bits per heavy atom. The molecule has 7 nitrogen and oxygen atoms in total. The molecular formula is C36H45N7. The van der Waals surface area contributed by atoms with Crippen LogP contribution in [0.4, 0.5) is 5.82 Å². The summed E-state index contributed by atoms with van der Waals surface area (Å²) in [7, 11) is 0. The number of H-pyrrole nitrogens is 3. The van der Waals surface area contributed by atoms with Crippen molar-refractivity contribution in [1.82, 2.24) is 30.6 Å². The zero-order valence-electron chi connectivity index (χ0n) is 27.3. The van der Waals surface area contributed by atoms with Crippen molar-refractivity contribution in [2.24, 2.45) is 0 Å². The molecule has 0 bridgehead atoms. The minimum Gasteiger partial charge on any atom is -0.382 e. The van der Waals surface area contributed by atoms with Gasteiger partial charge >= 0.3 is 0 Å². The van der Waals surface area contributed by atoms with Crippen LogP contribution in [0, 0.1) is 20.8 Å². The molecule has 43 heavy (non-hydrogen) atoms. The van der Waals surface area contributed by atoms with Crippen LogP contribution in [0.1, 0.15) is 93.1 Å². The molecule has 0 spiro atoms. The molecule has 0 fully saturated rings. The van der Waals surface area contributed by atoms with E-state index in [1.54, 1.807) is 0 Å². The maximum absolute atomic E-state index is 6.35. The van der Waals surface area contributed by atoms with E-state index in [9.17, 15) is 0 Å². The lowest BCUT2D eigenvalue weighted by atomic mass is 9.73. The van der Waals surface area contributed by atoms with Gasteiger partial charge in [0.2, 0.25) is 0 Å². The monoisotopic (exact) mass is 575 g/mol. The van der Waals surface area contributed by atoms with Crippen molar-refractivity contribution >= 4 is 38.5 Å². The number of anilines is 1. The number of nitrogens with one attached hydrogen (secondary N) is 3. The predicted molar refractivity (Wildman–Crippen MR) is 179 cm³/mol. The molecule has 0 atom stereocenters. The summed E-state index contributed by atoms with van der Waals surface area (Å²) in [4.78, 5) is 0. The number of rotatable bonds is 6. The lowest BCUT2D eigenvalue weighted by molar-refractivity contribution is 0.517. The highest BCUT2D eigenvalue weighted by atomic mass is 15.2. The van der Waals surface area contributed by atoms with E-state index >= 15 is 0 Å². The van der Waals surface area contributed by atoms with Gasteiger partial charge in [-0.2, -0.15) is 15.3 Å². The van der Waals surface area contributed by atoms with E-state index in [0.717, 1.165) is 40.5 Å². The van der Waals surface area contributed by atoms with Gasteiger partial charge in [-0.3, -0.25) is 15.3 Å². The molecule has 6 aromatic rings. The van der Waals surface area contributed by atoms with Crippen LogP contribution in [0.5, 0.6) is 0 Å². The van der Waals surface area contributed by atoms with Crippen molar-refractivity contribution in [2.45, 2.75) is 98.3 Å². The summed E-state index contributed by atoms with van der Waals surface area (Å²) in [6.45, 7) is 22.7. The standard InChI is InChI=1S/C36H45N7/c1-19-12-14-25-24(18-38-39-25)29(19)36(9,10)17-27-23-13-11-20(2)30(32(23)42-41-27)35(7,8)16-22-15-26-28(33(37)43-40-26)31(21(22)3)34(4,5)6/h11-15,18H,16-17H2,1-10H3,(H,38,39)(H,41,42)(H3,37,40,43). The summed E-state index contributed by atoms with van der Waals surface area (Å²) in [5.74, 6) is 0.570. The van der Waals surface area contributed by atoms with Gasteiger partial charge in [0.1, 0.15) is 0 Å². The lowest BCUT2D eigenvalue weighted by Crippen LogP contribution is -2.24. The van der Waals surface area contributed by atoms with Gasteiger partial charge in [0.05, 0.1) is 22.7 Å². The van der Waals surface area contributed by atoms with Crippen molar-refractivity contribution in [2.75, 3.05) is 5.73 Å². The molecular weight excluding hydrogens is 530 g/mol. The molecule has 0 aliphatic carbocycles. The van der Waals surface area contributed by atoms with Gasteiger partial charge in [0.15, 0.2) is 5.82 Å². The van der Waals surface area contributed by atoms with Crippen LogP contribution < -0.4 is 5.73 Å². The number of benzene rings is 3. The average Bonchev–Trinajstić information content (AvgIpc) is 3.62. The van der Waals surface area contributed by atoms with Crippen molar-refractivity contribution in [3.63, 3.8) is 0 Å². The minimum atomic E-state index is -0.177. The van der Waals surface area contributed by atoms with Gasteiger partial charge in [0.25, 0.3) is 0 Å². The second-order valence-corrected chi connectivity index (χ2v) is 14.9. The Balaban J connectivity index is 1.42. The quantitative estimate of drug-likeness (QED) is 0.160. The van der Waals surface area contributed by atoms with Gasteiger partial charge in [-0.1, -0.05) is 66.7 Å². The molecule has 0 radical (unpaired) electrons. The number of aryl methyl sites for hydroxylation is 2. The summed E-state index contributed by atoms with van der Waals surface area (Å²) in [6, 6.07) is 11.1. The van der Waals surface area contributed by atoms with E-state index in [1.165, 1.54) is 49.7 Å². The SMILES string of the molecule is Cc1ccc2[nH]ncc2c1C(C)(C)Cc1[nH]nc2c(C(C)(C)Cc3cc4[nH]nc(N)c4c(C(C)(C)C)c3C)c(C)ccc12. The van der Waals surface area contributed by atoms with E-state index in [2.05, 4.69) is 125 Å². The van der Waals surface area contributed by atoms with E-state index in [4.69, 9.17) is 10.8 Å². The molecule has 0 aliphatic rings. The highest BCUT2D eigenvalue weighted by Gasteiger charge is 2.32. The van der Waals surface area contributed by atoms with Gasteiger partial charge in [0, 0.05) is 21.9 Å². The van der Waals surface area contributed by atoms with Crippen LogP contribution in [-0.2, 0) is 29.1 Å². The van der Waals surface area contributed by atoms with Crippen LogP contribution in [0.3, 0.4) is 0 Å². The fourth-order valence-corrected chi connectivity index (χ4v) is 7.83. The zero-order chi connectivity index (χ0) is 31.1. The topological polar surface area (TPSA) is 112 Å². The van der Waals surface area contributed by atoms with Crippen LogP contribution >= 0.6 is 0 Å². The number of nitrogen functional groups attached to an aromatic ring is 1. The average molecular weight is 576 g/mol. The van der Waals surface area contributed by atoms with Crippen molar-refractivity contribution in [3.05, 3.63) is 81.2 Å². The largest absolute Gasteiger partial charge is 0.382 e. The van der Waals surface area contributed by atoms with E-state index in [-0.39, 0.29) is 16.2 Å². The second kappa shape index (κ2) is 9.69. The van der Waals surface area contributed by atoms with Crippen molar-refractivity contribution in [3.8, 4) is 0 Å². The Hall–Kier alpha value is -4.13. The molecule has 0 amide bonds. The molecule has 3 aromatic carbocycles. The van der Waals surface area contributed by atoms with Gasteiger partial charge in [-0.15, -0.1) is 0 Å². The highest BCUT2D eigenvalue weighted by Crippen LogP contribution is 2.42. The number of aromatic nitrogens is 6. The third-order valence-electron chi connectivity index (χ3n) is 9.45. The number of nitrogens with zero attached hydrogens (tertiary/aromatic N) is 3. The van der Waals surface area contributed by atoms with Crippen LogP contribution in [0.25, 0.3) is 32.7 Å². The first-order valence-corrected chi connectivity index (χ1v) is 15.3. The number of hydrogen-bond acceptors (Lipinski definition) is 4. The van der Waals surface area contributed by atoms with Gasteiger partial charge in [-0.25, -0.2) is 0 Å². The molecule has 6 rings (SSSR count). The van der Waals surface area contributed by atoms with E-state index in [1.807, 2.05) is 6.20 Å². The summed E-state index contributed by atoms with van der Waals surface area (Å²) in [5, 5.41) is 26.9. The maximum Gasteiger partial charge on any atom is 0.153 e. The Bertz CT molecular complexity index is 2010. The molecule has 0 aliphatic heterocycles. The summed E-state index contributed by atoms with van der Waals surface area (Å²) < 4.78 is 0. The van der Waals surface area contributed by atoms with Crippen molar-refractivity contribution in [1.29, 1.82) is 0 Å². The third-order valence-corrected chi connectivity index (χ3v) is 9.45. The molecule has 224 valence electrons. The first kappa shape index (κ1) is 29.0. The summed E-state index contributed by atoms with van der Waals surface area (Å²) in [6.07, 6.45) is 3.66. The van der Waals surface area contributed by atoms with Gasteiger partial charge in [-0.05, 0) is 101 Å². The third kappa shape index (κ3) is 4.70. The molecule has 0 unspecified atom stereocenters. The van der Waals surface area contributed by atoms with E-state index in [0.29, 0.717) is 5.82 Å². The van der Waals surface area contributed by atoms with Crippen LogP contribution in [0.2, 0.25) is 0 Å². The molecule has 3 aromatic heterocycles. The zero-order valence-corrected chi connectivity index (χ0v) is 27.3. The minimum absolute atomic E-state index is 0.0700. The fraction of sp³-hybridized carbons (Fsp3) is 0.417. The summed E-state index contributed by atoms with van der Waals surface area (Å²) >= 11 is 0. The number of nitrogens with two attached hydrogens (primary N) is 1. The molecule has 0 saturated heterocycles. The fourth-order valence-electron chi connectivity index (χ4n) is 7.83.